The molecule has 8 heteroatoms. The van der Waals surface area contributed by atoms with E-state index in [1.807, 2.05) is 6.92 Å². The number of nitrogens with zero attached hydrogens (tertiary/aromatic N) is 4. The van der Waals surface area contributed by atoms with Gasteiger partial charge in [-0.25, -0.2) is 4.98 Å². The monoisotopic (exact) mass is 316 g/mol. The van der Waals surface area contributed by atoms with E-state index in [-0.39, 0.29) is 6.10 Å². The van der Waals surface area contributed by atoms with Crippen molar-refractivity contribution in [2.24, 2.45) is 0 Å². The molecule has 0 N–H and O–H groups in total. The van der Waals surface area contributed by atoms with E-state index in [0.717, 1.165) is 36.0 Å². The summed E-state index contributed by atoms with van der Waals surface area (Å²) in [5.74, 6) is 0. The number of hydrogen-bond acceptors (Lipinski definition) is 7. The van der Waals surface area contributed by atoms with Crippen molar-refractivity contribution in [2.45, 2.75) is 19.6 Å². The van der Waals surface area contributed by atoms with E-state index in [2.05, 4.69) is 24.9 Å². The Morgan fingerprint density at radius 2 is 2.47 bits per heavy atom. The van der Waals surface area contributed by atoms with Crippen molar-refractivity contribution < 1.29 is 4.74 Å². The lowest BCUT2D eigenvalue weighted by atomic mass is 10.2. The molecule has 1 saturated heterocycles. The predicted octanol–water partition coefficient (Wildman–Crippen LogP) is 2.53. The van der Waals surface area contributed by atoms with Gasteiger partial charge in [0.1, 0.15) is 21.1 Å². The molecule has 2 aromatic rings. The summed E-state index contributed by atoms with van der Waals surface area (Å²) >= 11 is 8.93. The standard InChI is InChI=1S/C11H13ClN4OS2/c1-7-6-18-11(13-7)9-5-16(2-3-17-9)4-8-10(12)19-15-14-8/h6,9H,2-5H2,1H3. The summed E-state index contributed by atoms with van der Waals surface area (Å²) in [6.45, 7) is 5.13. The Bertz CT molecular complexity index is 558. The minimum absolute atomic E-state index is 0.0535. The van der Waals surface area contributed by atoms with Crippen molar-refractivity contribution in [3.8, 4) is 0 Å². The second-order valence-electron chi connectivity index (χ2n) is 4.42. The zero-order valence-electron chi connectivity index (χ0n) is 10.4. The smallest absolute Gasteiger partial charge is 0.138 e. The van der Waals surface area contributed by atoms with Gasteiger partial charge in [-0.3, -0.25) is 4.90 Å². The first-order valence-corrected chi connectivity index (χ1v) is 7.98. The third-order valence-electron chi connectivity index (χ3n) is 2.95. The Hall–Kier alpha value is -0.600. The molecule has 19 heavy (non-hydrogen) atoms. The van der Waals surface area contributed by atoms with E-state index in [9.17, 15) is 0 Å². The van der Waals surface area contributed by atoms with Crippen molar-refractivity contribution >= 4 is 34.5 Å². The van der Waals surface area contributed by atoms with E-state index in [1.54, 1.807) is 11.3 Å². The second-order valence-corrected chi connectivity index (χ2v) is 6.66. The highest BCUT2D eigenvalue weighted by Crippen LogP contribution is 2.27. The first-order valence-electron chi connectivity index (χ1n) is 5.95. The van der Waals surface area contributed by atoms with Gasteiger partial charge in [0.15, 0.2) is 0 Å². The Morgan fingerprint density at radius 1 is 1.58 bits per heavy atom. The van der Waals surface area contributed by atoms with Gasteiger partial charge in [-0.15, -0.1) is 16.4 Å². The van der Waals surface area contributed by atoms with Crippen LogP contribution in [0.15, 0.2) is 5.38 Å². The van der Waals surface area contributed by atoms with Crippen molar-refractivity contribution in [3.05, 3.63) is 26.1 Å². The van der Waals surface area contributed by atoms with Crippen molar-refractivity contribution in [1.82, 2.24) is 19.5 Å². The highest BCUT2D eigenvalue weighted by molar-refractivity contribution is 7.10. The maximum absolute atomic E-state index is 6.04. The topological polar surface area (TPSA) is 51.1 Å². The van der Waals surface area contributed by atoms with Crippen LogP contribution in [0.2, 0.25) is 4.34 Å². The maximum Gasteiger partial charge on any atom is 0.138 e. The lowest BCUT2D eigenvalue weighted by Gasteiger charge is -2.31. The lowest BCUT2D eigenvalue weighted by Crippen LogP contribution is -2.37. The van der Waals surface area contributed by atoms with Gasteiger partial charge in [0.2, 0.25) is 0 Å². The zero-order chi connectivity index (χ0) is 13.2. The van der Waals surface area contributed by atoms with Crippen LogP contribution >= 0.6 is 34.5 Å². The summed E-state index contributed by atoms with van der Waals surface area (Å²) in [7, 11) is 0. The number of morpholine rings is 1. The average Bonchev–Trinajstić information content (AvgIpc) is 3.00. The number of aryl methyl sites for hydroxylation is 1. The van der Waals surface area contributed by atoms with E-state index >= 15 is 0 Å². The summed E-state index contributed by atoms with van der Waals surface area (Å²) in [6, 6.07) is 0. The van der Waals surface area contributed by atoms with Crippen molar-refractivity contribution in [3.63, 3.8) is 0 Å². The van der Waals surface area contributed by atoms with Crippen LogP contribution in [0, 0.1) is 6.92 Å². The second kappa shape index (κ2) is 5.80. The number of aromatic nitrogens is 3. The van der Waals surface area contributed by atoms with E-state index in [1.165, 1.54) is 11.5 Å². The Morgan fingerprint density at radius 3 is 3.16 bits per heavy atom. The summed E-state index contributed by atoms with van der Waals surface area (Å²) in [4.78, 5) is 6.78. The molecule has 3 rings (SSSR count). The minimum Gasteiger partial charge on any atom is -0.368 e. The van der Waals surface area contributed by atoms with E-state index in [0.29, 0.717) is 10.9 Å². The molecular formula is C11H13ClN4OS2. The van der Waals surface area contributed by atoms with Crippen LogP contribution in [-0.2, 0) is 11.3 Å². The molecule has 0 saturated carbocycles. The van der Waals surface area contributed by atoms with Crippen LogP contribution in [-0.4, -0.2) is 39.2 Å². The fourth-order valence-electron chi connectivity index (χ4n) is 2.02. The third kappa shape index (κ3) is 3.11. The Balaban J connectivity index is 1.66. The normalized spacial score (nSPS) is 20.8. The fraction of sp³-hybridized carbons (Fsp3) is 0.545. The van der Waals surface area contributed by atoms with E-state index < -0.39 is 0 Å². The minimum atomic E-state index is 0.0535. The molecule has 102 valence electrons. The maximum atomic E-state index is 6.04. The molecule has 0 aliphatic carbocycles. The van der Waals surface area contributed by atoms with Crippen LogP contribution < -0.4 is 0 Å². The summed E-state index contributed by atoms with van der Waals surface area (Å²) < 4.78 is 10.3. The summed E-state index contributed by atoms with van der Waals surface area (Å²) in [5, 5.41) is 7.15. The predicted molar refractivity (Wildman–Crippen MR) is 75.7 cm³/mol. The highest BCUT2D eigenvalue weighted by atomic mass is 35.5. The van der Waals surface area contributed by atoms with Crippen molar-refractivity contribution in [1.29, 1.82) is 0 Å². The lowest BCUT2D eigenvalue weighted by molar-refractivity contribution is -0.0333. The van der Waals surface area contributed by atoms with Gasteiger partial charge in [0, 0.05) is 42.2 Å². The molecular weight excluding hydrogens is 304 g/mol. The van der Waals surface area contributed by atoms with E-state index in [4.69, 9.17) is 16.3 Å². The van der Waals surface area contributed by atoms with Crippen LogP contribution in [0.4, 0.5) is 0 Å². The fourth-order valence-corrected chi connectivity index (χ4v) is 3.47. The number of thiazole rings is 1. The molecule has 0 spiro atoms. The molecule has 0 amide bonds. The first kappa shape index (κ1) is 13.4. The van der Waals surface area contributed by atoms with Gasteiger partial charge in [-0.2, -0.15) is 0 Å². The molecule has 1 aliphatic rings. The Kier molecular flexibility index (Phi) is 4.09. The van der Waals surface area contributed by atoms with Gasteiger partial charge in [-0.1, -0.05) is 16.1 Å². The largest absolute Gasteiger partial charge is 0.368 e. The third-order valence-corrected chi connectivity index (χ3v) is 4.98. The van der Waals surface area contributed by atoms with Crippen LogP contribution in [0.3, 0.4) is 0 Å². The van der Waals surface area contributed by atoms with Crippen LogP contribution in [0.1, 0.15) is 22.5 Å². The molecule has 2 aromatic heterocycles. The molecule has 0 bridgehead atoms. The van der Waals surface area contributed by atoms with Gasteiger partial charge < -0.3 is 4.74 Å². The number of ether oxygens (including phenoxy) is 1. The van der Waals surface area contributed by atoms with Crippen molar-refractivity contribution in [2.75, 3.05) is 19.7 Å². The molecule has 1 aliphatic heterocycles. The SMILES string of the molecule is Cc1csc(C2CN(Cc3nnsc3Cl)CCO2)n1. The quantitative estimate of drug-likeness (QED) is 0.871. The van der Waals surface area contributed by atoms with Crippen LogP contribution in [0.5, 0.6) is 0 Å². The number of hydrogen-bond donors (Lipinski definition) is 0. The summed E-state index contributed by atoms with van der Waals surface area (Å²) in [6.07, 6.45) is 0.0535. The van der Waals surface area contributed by atoms with Gasteiger partial charge >= 0.3 is 0 Å². The molecule has 5 nitrogen and oxygen atoms in total. The molecule has 1 unspecified atom stereocenters. The summed E-state index contributed by atoms with van der Waals surface area (Å²) in [5.41, 5.74) is 1.90. The average molecular weight is 317 g/mol. The van der Waals surface area contributed by atoms with Gasteiger partial charge in [0.25, 0.3) is 0 Å². The Labute approximate surface area is 124 Å². The molecule has 1 fully saturated rings. The number of halogens is 1. The molecule has 3 heterocycles. The first-order chi connectivity index (χ1) is 9.22. The molecule has 0 aromatic carbocycles. The van der Waals surface area contributed by atoms with Crippen LogP contribution in [0.25, 0.3) is 0 Å². The molecule has 0 radical (unpaired) electrons. The van der Waals surface area contributed by atoms with Gasteiger partial charge in [0.05, 0.1) is 6.61 Å². The number of rotatable bonds is 3. The highest BCUT2D eigenvalue weighted by Gasteiger charge is 2.25. The molecule has 1 atom stereocenters. The zero-order valence-corrected chi connectivity index (χ0v) is 12.8. The van der Waals surface area contributed by atoms with Gasteiger partial charge in [-0.05, 0) is 6.92 Å².